The maximum atomic E-state index is 12.7. The van der Waals surface area contributed by atoms with Gasteiger partial charge in [-0.05, 0) is 76.1 Å². The van der Waals surface area contributed by atoms with Crippen molar-refractivity contribution in [3.63, 3.8) is 0 Å². The topological polar surface area (TPSA) is 69.7 Å². The number of hydrogen-bond acceptors (Lipinski definition) is 4. The zero-order valence-corrected chi connectivity index (χ0v) is 19.7. The first kappa shape index (κ1) is 23.4. The van der Waals surface area contributed by atoms with Gasteiger partial charge in [-0.2, -0.15) is 4.31 Å². The molecule has 1 saturated heterocycles. The lowest BCUT2D eigenvalue weighted by Gasteiger charge is -2.33. The molecule has 6 nitrogen and oxygen atoms in total. The van der Waals surface area contributed by atoms with E-state index in [4.69, 9.17) is 0 Å². The van der Waals surface area contributed by atoms with Crippen molar-refractivity contribution in [3.8, 4) is 0 Å². The molecular weight excluding hydrogens is 410 g/mol. The quantitative estimate of drug-likeness (QED) is 0.691. The van der Waals surface area contributed by atoms with Crippen LogP contribution in [-0.2, 0) is 16.6 Å². The molecule has 1 unspecified atom stereocenters. The molecular formula is C24H33N3O3S. The van der Waals surface area contributed by atoms with E-state index in [0.717, 1.165) is 13.1 Å². The Morgan fingerprint density at radius 1 is 1.16 bits per heavy atom. The van der Waals surface area contributed by atoms with Crippen molar-refractivity contribution >= 4 is 21.6 Å². The number of carbonyl (C=O) groups is 1. The summed E-state index contributed by atoms with van der Waals surface area (Å²) in [5, 5.41) is 2.87. The predicted octanol–water partition coefficient (Wildman–Crippen LogP) is 4.34. The maximum absolute atomic E-state index is 12.7. The molecule has 1 N–H and O–H groups in total. The second-order valence-corrected chi connectivity index (χ2v) is 10.6. The number of nitrogens with one attached hydrogen (secondary N) is 1. The van der Waals surface area contributed by atoms with E-state index in [9.17, 15) is 13.2 Å². The summed E-state index contributed by atoms with van der Waals surface area (Å²) < 4.78 is 26.7. The monoisotopic (exact) mass is 443 g/mol. The Kier molecular flexibility index (Phi) is 7.51. The van der Waals surface area contributed by atoms with Crippen molar-refractivity contribution in [3.05, 3.63) is 59.7 Å². The molecule has 1 fully saturated rings. The predicted molar refractivity (Wildman–Crippen MR) is 125 cm³/mol. The van der Waals surface area contributed by atoms with Crippen molar-refractivity contribution in [2.45, 2.75) is 63.6 Å². The van der Waals surface area contributed by atoms with Crippen molar-refractivity contribution in [2.75, 3.05) is 18.9 Å². The number of likely N-dealkylation sites (tertiary alicyclic amines) is 1. The molecule has 1 atom stereocenters. The van der Waals surface area contributed by atoms with Crippen LogP contribution in [0.15, 0.2) is 53.4 Å². The number of rotatable bonds is 7. The highest BCUT2D eigenvalue weighted by Crippen LogP contribution is 2.21. The van der Waals surface area contributed by atoms with Gasteiger partial charge in [0.05, 0.1) is 4.90 Å². The van der Waals surface area contributed by atoms with Crippen LogP contribution >= 0.6 is 0 Å². The average molecular weight is 444 g/mol. The highest BCUT2D eigenvalue weighted by Gasteiger charge is 2.24. The molecule has 2 aromatic rings. The lowest BCUT2D eigenvalue weighted by atomic mass is 10.0. The Balaban J connectivity index is 1.68. The van der Waals surface area contributed by atoms with Crippen LogP contribution in [0.25, 0.3) is 0 Å². The molecule has 1 aliphatic rings. The minimum Gasteiger partial charge on any atom is -0.322 e. The van der Waals surface area contributed by atoms with Gasteiger partial charge in [-0.15, -0.1) is 0 Å². The number of piperidine rings is 1. The Labute approximate surface area is 186 Å². The van der Waals surface area contributed by atoms with Crippen LogP contribution in [0.4, 0.5) is 5.69 Å². The van der Waals surface area contributed by atoms with E-state index in [-0.39, 0.29) is 16.8 Å². The number of sulfonamides is 1. The number of nitrogens with zero attached hydrogens (tertiary/aromatic N) is 2. The number of hydrogen-bond donors (Lipinski definition) is 1. The minimum absolute atomic E-state index is 0.113. The van der Waals surface area contributed by atoms with Gasteiger partial charge in [-0.1, -0.05) is 24.6 Å². The number of amides is 1. The molecule has 7 heteroatoms. The second kappa shape index (κ2) is 9.94. The van der Waals surface area contributed by atoms with E-state index in [2.05, 4.69) is 17.1 Å². The van der Waals surface area contributed by atoms with Crippen LogP contribution in [0.5, 0.6) is 0 Å². The molecule has 0 saturated carbocycles. The van der Waals surface area contributed by atoms with Crippen LogP contribution in [-0.4, -0.2) is 49.2 Å². The molecule has 168 valence electrons. The van der Waals surface area contributed by atoms with Gasteiger partial charge < -0.3 is 5.32 Å². The molecule has 0 spiro atoms. The molecule has 0 aliphatic carbocycles. The summed E-state index contributed by atoms with van der Waals surface area (Å²) in [5.41, 5.74) is 2.22. The van der Waals surface area contributed by atoms with Crippen LogP contribution in [0, 0.1) is 0 Å². The first-order valence-corrected chi connectivity index (χ1v) is 12.3. The summed E-state index contributed by atoms with van der Waals surface area (Å²) in [6.07, 6.45) is 3.80. The van der Waals surface area contributed by atoms with Gasteiger partial charge >= 0.3 is 0 Å². The van der Waals surface area contributed by atoms with E-state index < -0.39 is 10.0 Å². The highest BCUT2D eigenvalue weighted by atomic mass is 32.2. The summed E-state index contributed by atoms with van der Waals surface area (Å²) in [4.78, 5) is 15.3. The molecule has 1 heterocycles. The first-order chi connectivity index (χ1) is 14.7. The SMILES string of the molecule is CC1CCCCN1Cc1ccc(NC(=O)c2cccc(S(=O)(=O)N(C)C(C)C)c2)cc1. The van der Waals surface area contributed by atoms with Gasteiger partial charge in [0.2, 0.25) is 10.0 Å². The molecule has 1 aliphatic heterocycles. The molecule has 0 bridgehead atoms. The van der Waals surface area contributed by atoms with Gasteiger partial charge in [0.15, 0.2) is 0 Å². The Bertz CT molecular complexity index is 1000. The molecule has 31 heavy (non-hydrogen) atoms. The standard InChI is InChI=1S/C24H33N3O3S/c1-18(2)26(4)31(29,30)23-10-7-9-21(16-23)24(28)25-22-13-11-20(12-14-22)17-27-15-6-5-8-19(27)3/h7,9-14,16,18-19H,5-6,8,15,17H2,1-4H3,(H,25,28). The molecule has 0 radical (unpaired) electrons. The lowest BCUT2D eigenvalue weighted by molar-refractivity contribution is 0.102. The third kappa shape index (κ3) is 5.73. The number of carbonyl (C=O) groups excluding carboxylic acids is 1. The Hall–Kier alpha value is -2.22. The van der Waals surface area contributed by atoms with Crippen molar-refractivity contribution in [1.29, 1.82) is 0 Å². The molecule has 2 aromatic carbocycles. The fourth-order valence-electron chi connectivity index (χ4n) is 3.77. The van der Waals surface area contributed by atoms with Gasteiger partial charge in [0.1, 0.15) is 0 Å². The summed E-state index contributed by atoms with van der Waals surface area (Å²) in [5.74, 6) is -0.332. The van der Waals surface area contributed by atoms with Crippen LogP contribution < -0.4 is 5.32 Å². The van der Waals surface area contributed by atoms with E-state index in [1.165, 1.54) is 41.3 Å². The highest BCUT2D eigenvalue weighted by molar-refractivity contribution is 7.89. The molecule has 3 rings (SSSR count). The molecule has 1 amide bonds. The average Bonchev–Trinajstić information content (AvgIpc) is 2.76. The van der Waals surface area contributed by atoms with Crippen LogP contribution in [0.1, 0.15) is 56.0 Å². The summed E-state index contributed by atoms with van der Waals surface area (Å²) in [6, 6.07) is 14.5. The summed E-state index contributed by atoms with van der Waals surface area (Å²) >= 11 is 0. The fourth-order valence-corrected chi connectivity index (χ4v) is 5.18. The minimum atomic E-state index is -3.64. The Morgan fingerprint density at radius 2 is 1.87 bits per heavy atom. The number of benzene rings is 2. The largest absolute Gasteiger partial charge is 0.322 e. The summed E-state index contributed by atoms with van der Waals surface area (Å²) in [6.45, 7) is 7.94. The van der Waals surface area contributed by atoms with E-state index in [1.54, 1.807) is 19.2 Å². The van der Waals surface area contributed by atoms with E-state index in [1.807, 2.05) is 38.1 Å². The van der Waals surface area contributed by atoms with Crippen LogP contribution in [0.2, 0.25) is 0 Å². The van der Waals surface area contributed by atoms with E-state index >= 15 is 0 Å². The lowest BCUT2D eigenvalue weighted by Crippen LogP contribution is -2.36. The smallest absolute Gasteiger partial charge is 0.255 e. The number of anilines is 1. The van der Waals surface area contributed by atoms with Crippen LogP contribution in [0.3, 0.4) is 0 Å². The van der Waals surface area contributed by atoms with E-state index in [0.29, 0.717) is 17.3 Å². The first-order valence-electron chi connectivity index (χ1n) is 10.9. The third-order valence-electron chi connectivity index (χ3n) is 6.04. The maximum Gasteiger partial charge on any atom is 0.255 e. The summed E-state index contributed by atoms with van der Waals surface area (Å²) in [7, 11) is -2.10. The third-order valence-corrected chi connectivity index (χ3v) is 8.07. The van der Waals surface area contributed by atoms with Gasteiger partial charge in [-0.25, -0.2) is 8.42 Å². The zero-order valence-electron chi connectivity index (χ0n) is 18.8. The van der Waals surface area contributed by atoms with Crippen molar-refractivity contribution < 1.29 is 13.2 Å². The Morgan fingerprint density at radius 3 is 2.52 bits per heavy atom. The fraction of sp³-hybridized carbons (Fsp3) is 0.458. The van der Waals surface area contributed by atoms with Gasteiger partial charge in [0.25, 0.3) is 5.91 Å². The zero-order chi connectivity index (χ0) is 22.6. The molecule has 0 aromatic heterocycles. The van der Waals surface area contributed by atoms with Gasteiger partial charge in [-0.3, -0.25) is 9.69 Å². The second-order valence-electron chi connectivity index (χ2n) is 8.61. The van der Waals surface area contributed by atoms with Gasteiger partial charge in [0, 0.05) is 36.9 Å². The van der Waals surface area contributed by atoms with Crippen molar-refractivity contribution in [2.24, 2.45) is 0 Å². The normalized spacial score (nSPS) is 17.8. The van der Waals surface area contributed by atoms with Crippen molar-refractivity contribution in [1.82, 2.24) is 9.21 Å².